The number of hydrogen-bond donors (Lipinski definition) is 1. The van der Waals surface area contributed by atoms with E-state index >= 15 is 0 Å². The van der Waals surface area contributed by atoms with Gasteiger partial charge in [-0.25, -0.2) is 4.79 Å². The van der Waals surface area contributed by atoms with Gasteiger partial charge in [0.2, 0.25) is 0 Å². The highest BCUT2D eigenvalue weighted by molar-refractivity contribution is 5.88. The fraction of sp³-hybridized carbons (Fsp3) is 0.385. The highest BCUT2D eigenvalue weighted by Crippen LogP contribution is 2.09. The average molecular weight is 235 g/mol. The van der Waals surface area contributed by atoms with Crippen molar-refractivity contribution in [2.75, 3.05) is 0 Å². The Labute approximate surface area is 100 Å². The number of aryl methyl sites for hydroxylation is 2. The number of aromatic carboxylic acids is 1. The van der Waals surface area contributed by atoms with Crippen LogP contribution in [0.2, 0.25) is 0 Å². The number of carbonyl (C=O) groups is 1. The maximum atomic E-state index is 12.0. The van der Waals surface area contributed by atoms with Crippen LogP contribution in [0.15, 0.2) is 23.0 Å². The van der Waals surface area contributed by atoms with Crippen molar-refractivity contribution in [3.63, 3.8) is 0 Å². The van der Waals surface area contributed by atoms with Crippen LogP contribution in [0.25, 0.3) is 0 Å². The maximum Gasteiger partial charge on any atom is 0.341 e. The zero-order valence-corrected chi connectivity index (χ0v) is 10.4. The van der Waals surface area contributed by atoms with Crippen molar-refractivity contribution < 1.29 is 9.90 Å². The summed E-state index contributed by atoms with van der Waals surface area (Å²) < 4.78 is 1.46. The van der Waals surface area contributed by atoms with Gasteiger partial charge in [-0.05, 0) is 31.9 Å². The summed E-state index contributed by atoms with van der Waals surface area (Å²) in [4.78, 5) is 23.1. The van der Waals surface area contributed by atoms with Crippen molar-refractivity contribution in [2.24, 2.45) is 0 Å². The molecule has 0 aliphatic heterocycles. The molecule has 0 saturated carbocycles. The molecule has 17 heavy (non-hydrogen) atoms. The summed E-state index contributed by atoms with van der Waals surface area (Å²) in [5, 5.41) is 9.02. The monoisotopic (exact) mass is 235 g/mol. The van der Waals surface area contributed by atoms with Crippen molar-refractivity contribution in [1.29, 1.82) is 0 Å². The van der Waals surface area contributed by atoms with Gasteiger partial charge in [-0.1, -0.05) is 19.1 Å². The molecule has 0 aliphatic rings. The molecular weight excluding hydrogens is 218 g/mol. The minimum Gasteiger partial charge on any atom is -0.477 e. The van der Waals surface area contributed by atoms with Crippen LogP contribution in [0.5, 0.6) is 0 Å². The van der Waals surface area contributed by atoms with Gasteiger partial charge in [0, 0.05) is 12.2 Å². The van der Waals surface area contributed by atoms with Crippen molar-refractivity contribution in [3.05, 3.63) is 45.4 Å². The molecule has 0 aromatic carbocycles. The molecule has 1 aromatic heterocycles. The minimum absolute atomic E-state index is 0.153. The van der Waals surface area contributed by atoms with Crippen LogP contribution in [0.4, 0.5) is 0 Å². The van der Waals surface area contributed by atoms with E-state index in [0.717, 1.165) is 17.7 Å². The summed E-state index contributed by atoms with van der Waals surface area (Å²) in [6.45, 7) is 9.60. The highest BCUT2D eigenvalue weighted by Gasteiger charge is 2.16. The van der Waals surface area contributed by atoms with Gasteiger partial charge in [0.25, 0.3) is 5.56 Å². The van der Waals surface area contributed by atoms with E-state index in [9.17, 15) is 9.59 Å². The second-order valence-electron chi connectivity index (χ2n) is 4.14. The summed E-state index contributed by atoms with van der Waals surface area (Å²) in [5.41, 5.74) is 1.55. The van der Waals surface area contributed by atoms with Gasteiger partial charge in [-0.3, -0.25) is 4.79 Å². The van der Waals surface area contributed by atoms with Crippen LogP contribution in [0.3, 0.4) is 0 Å². The largest absolute Gasteiger partial charge is 0.477 e. The summed E-state index contributed by atoms with van der Waals surface area (Å²) in [6.07, 6.45) is 0.766. The molecule has 0 aliphatic carbocycles. The van der Waals surface area contributed by atoms with E-state index in [-0.39, 0.29) is 5.56 Å². The van der Waals surface area contributed by atoms with Gasteiger partial charge in [0.05, 0.1) is 0 Å². The third-order valence-corrected chi connectivity index (χ3v) is 2.80. The molecular formula is C13H17NO3. The number of nitrogens with zero attached hydrogens (tertiary/aromatic N) is 1. The average Bonchev–Trinajstić information content (AvgIpc) is 2.22. The molecule has 1 rings (SSSR count). The number of carboxylic acid groups (broad SMARTS) is 1. The van der Waals surface area contributed by atoms with Crippen LogP contribution < -0.4 is 5.56 Å². The molecule has 92 valence electrons. The second kappa shape index (κ2) is 4.99. The number of rotatable bonds is 4. The van der Waals surface area contributed by atoms with Gasteiger partial charge in [0.15, 0.2) is 0 Å². The molecule has 1 heterocycles. The van der Waals surface area contributed by atoms with Crippen LogP contribution in [0.1, 0.15) is 35.0 Å². The predicted molar refractivity (Wildman–Crippen MR) is 66.6 cm³/mol. The van der Waals surface area contributed by atoms with E-state index in [1.807, 2.05) is 6.92 Å². The number of allylic oxidation sites excluding steroid dienone is 1. The lowest BCUT2D eigenvalue weighted by Crippen LogP contribution is -2.29. The molecule has 1 N–H and O–H groups in total. The Morgan fingerprint density at radius 2 is 2.06 bits per heavy atom. The lowest BCUT2D eigenvalue weighted by atomic mass is 10.1. The number of pyridine rings is 1. The molecule has 0 spiro atoms. The Morgan fingerprint density at radius 1 is 1.47 bits per heavy atom. The van der Waals surface area contributed by atoms with Gasteiger partial charge in [-0.15, -0.1) is 0 Å². The molecule has 0 unspecified atom stereocenters. The molecule has 0 saturated heterocycles. The standard InChI is InChI=1S/C13H17NO3/c1-5-8(2)7-14-10(4)6-9(3)11(12(14)15)13(16)17/h6H,2,5,7H2,1,3-4H3,(H,16,17). The first-order chi connectivity index (χ1) is 7.88. The molecule has 0 radical (unpaired) electrons. The molecule has 0 fully saturated rings. The van der Waals surface area contributed by atoms with Gasteiger partial charge >= 0.3 is 5.97 Å². The zero-order valence-electron chi connectivity index (χ0n) is 10.4. The summed E-state index contributed by atoms with van der Waals surface area (Å²) >= 11 is 0. The number of carboxylic acids is 1. The van der Waals surface area contributed by atoms with Gasteiger partial charge in [0.1, 0.15) is 5.56 Å². The number of aromatic nitrogens is 1. The third kappa shape index (κ3) is 2.64. The third-order valence-electron chi connectivity index (χ3n) is 2.80. The van der Waals surface area contributed by atoms with Crippen LogP contribution >= 0.6 is 0 Å². The van der Waals surface area contributed by atoms with Crippen LogP contribution in [0, 0.1) is 13.8 Å². The molecule has 0 bridgehead atoms. The number of hydrogen-bond acceptors (Lipinski definition) is 2. The van der Waals surface area contributed by atoms with Crippen molar-refractivity contribution >= 4 is 5.97 Å². The van der Waals surface area contributed by atoms with Gasteiger partial charge < -0.3 is 9.67 Å². The van der Waals surface area contributed by atoms with Crippen LogP contribution in [-0.2, 0) is 6.54 Å². The smallest absolute Gasteiger partial charge is 0.341 e. The Bertz CT molecular complexity index is 526. The first-order valence-electron chi connectivity index (χ1n) is 5.49. The Balaban J connectivity index is 3.41. The first-order valence-corrected chi connectivity index (χ1v) is 5.49. The second-order valence-corrected chi connectivity index (χ2v) is 4.14. The summed E-state index contributed by atoms with van der Waals surface area (Å²) in [6, 6.07) is 1.72. The summed E-state index contributed by atoms with van der Waals surface area (Å²) in [5.74, 6) is -1.18. The first kappa shape index (κ1) is 13.2. The normalized spacial score (nSPS) is 10.3. The molecule has 4 nitrogen and oxygen atoms in total. The van der Waals surface area contributed by atoms with E-state index in [1.165, 1.54) is 4.57 Å². The SMILES string of the molecule is C=C(CC)Cn1c(C)cc(C)c(C(=O)O)c1=O. The Kier molecular flexibility index (Phi) is 3.89. The quantitative estimate of drug-likeness (QED) is 0.813. The maximum absolute atomic E-state index is 12.0. The predicted octanol–water partition coefficient (Wildman–Crippen LogP) is 2.13. The van der Waals surface area contributed by atoms with Crippen LogP contribution in [-0.4, -0.2) is 15.6 Å². The lowest BCUT2D eigenvalue weighted by Gasteiger charge is -2.13. The van der Waals surface area contributed by atoms with Crippen molar-refractivity contribution in [3.8, 4) is 0 Å². The highest BCUT2D eigenvalue weighted by atomic mass is 16.4. The van der Waals surface area contributed by atoms with E-state index in [4.69, 9.17) is 5.11 Å². The van der Waals surface area contributed by atoms with Crippen molar-refractivity contribution in [1.82, 2.24) is 4.57 Å². The van der Waals surface area contributed by atoms with Crippen molar-refractivity contribution in [2.45, 2.75) is 33.7 Å². The Hall–Kier alpha value is -1.84. The topological polar surface area (TPSA) is 59.3 Å². The fourth-order valence-electron chi connectivity index (χ4n) is 1.72. The molecule has 1 aromatic rings. The molecule has 4 heteroatoms. The van der Waals surface area contributed by atoms with E-state index < -0.39 is 11.5 Å². The van der Waals surface area contributed by atoms with E-state index in [1.54, 1.807) is 19.9 Å². The Morgan fingerprint density at radius 3 is 2.53 bits per heavy atom. The minimum atomic E-state index is -1.18. The van der Waals surface area contributed by atoms with E-state index in [2.05, 4.69) is 6.58 Å². The van der Waals surface area contributed by atoms with E-state index in [0.29, 0.717) is 12.1 Å². The molecule has 0 atom stereocenters. The zero-order chi connectivity index (χ0) is 13.2. The fourth-order valence-corrected chi connectivity index (χ4v) is 1.72. The summed E-state index contributed by atoms with van der Waals surface area (Å²) in [7, 11) is 0. The lowest BCUT2D eigenvalue weighted by molar-refractivity contribution is 0.0693. The van der Waals surface area contributed by atoms with Gasteiger partial charge in [-0.2, -0.15) is 0 Å². The molecule has 0 amide bonds.